The Labute approximate surface area is 191 Å². The molecular formula is C26H24N2O3S. The molecule has 1 amide bonds. The summed E-state index contributed by atoms with van der Waals surface area (Å²) in [5, 5.41) is 3.90. The monoisotopic (exact) mass is 444 g/mol. The van der Waals surface area contributed by atoms with E-state index in [0.29, 0.717) is 24.7 Å². The lowest BCUT2D eigenvalue weighted by Gasteiger charge is -2.12. The number of fused-ring (bicyclic) bond motifs is 1. The quantitative estimate of drug-likeness (QED) is 0.327. The van der Waals surface area contributed by atoms with Gasteiger partial charge in [0.2, 0.25) is 5.91 Å². The molecule has 3 aromatic carbocycles. The van der Waals surface area contributed by atoms with Crippen LogP contribution in [-0.2, 0) is 11.4 Å². The van der Waals surface area contributed by atoms with Crippen molar-refractivity contribution in [1.82, 2.24) is 4.98 Å². The second-order valence-corrected chi connectivity index (χ2v) is 8.39. The lowest BCUT2D eigenvalue weighted by atomic mass is 10.2. The van der Waals surface area contributed by atoms with Crippen LogP contribution in [0.5, 0.6) is 11.5 Å². The first-order chi connectivity index (χ1) is 15.6. The van der Waals surface area contributed by atoms with E-state index in [9.17, 15) is 4.79 Å². The third-order valence-electron chi connectivity index (χ3n) is 4.69. The molecule has 0 saturated heterocycles. The summed E-state index contributed by atoms with van der Waals surface area (Å²) in [5.74, 6) is 1.12. The molecule has 32 heavy (non-hydrogen) atoms. The molecule has 0 aliphatic heterocycles. The van der Waals surface area contributed by atoms with E-state index < -0.39 is 0 Å². The molecule has 0 spiro atoms. The summed E-state index contributed by atoms with van der Waals surface area (Å²) in [7, 11) is 0. The van der Waals surface area contributed by atoms with Crippen LogP contribution in [0.3, 0.4) is 0 Å². The lowest BCUT2D eigenvalue weighted by molar-refractivity contribution is -0.111. The van der Waals surface area contributed by atoms with E-state index in [0.717, 1.165) is 32.0 Å². The van der Waals surface area contributed by atoms with E-state index in [1.807, 2.05) is 80.6 Å². The van der Waals surface area contributed by atoms with Crippen LogP contribution >= 0.6 is 11.3 Å². The Kier molecular flexibility index (Phi) is 6.82. The number of carbonyl (C=O) groups is 1. The highest BCUT2D eigenvalue weighted by Crippen LogP contribution is 2.30. The molecule has 0 radical (unpaired) electrons. The normalized spacial score (nSPS) is 11.1. The summed E-state index contributed by atoms with van der Waals surface area (Å²) in [4.78, 5) is 16.8. The zero-order valence-corrected chi connectivity index (χ0v) is 18.8. The van der Waals surface area contributed by atoms with E-state index in [1.54, 1.807) is 17.4 Å². The van der Waals surface area contributed by atoms with Crippen molar-refractivity contribution < 1.29 is 14.3 Å². The fourth-order valence-corrected chi connectivity index (χ4v) is 4.09. The molecule has 5 nitrogen and oxygen atoms in total. The molecule has 0 bridgehead atoms. The molecule has 0 unspecified atom stereocenters. The number of benzene rings is 3. The van der Waals surface area contributed by atoms with E-state index >= 15 is 0 Å². The number of aromatic nitrogens is 1. The van der Waals surface area contributed by atoms with E-state index in [-0.39, 0.29) is 5.91 Å². The van der Waals surface area contributed by atoms with E-state index in [4.69, 9.17) is 9.47 Å². The third-order valence-corrected chi connectivity index (χ3v) is 5.63. The predicted octanol–water partition coefficient (Wildman–Crippen LogP) is 6.23. The average molecular weight is 445 g/mol. The Morgan fingerprint density at radius 3 is 2.69 bits per heavy atom. The number of nitrogens with zero attached hydrogens (tertiary/aromatic N) is 1. The minimum Gasteiger partial charge on any atom is -0.490 e. The Morgan fingerprint density at radius 1 is 1.03 bits per heavy atom. The zero-order chi connectivity index (χ0) is 22.3. The molecule has 0 aliphatic rings. The second kappa shape index (κ2) is 10.1. The molecule has 1 aromatic heterocycles. The first-order valence-corrected chi connectivity index (χ1v) is 11.2. The first-order valence-electron chi connectivity index (χ1n) is 10.4. The topological polar surface area (TPSA) is 60.5 Å². The molecule has 162 valence electrons. The van der Waals surface area contributed by atoms with Crippen LogP contribution in [0, 0.1) is 6.92 Å². The summed E-state index contributed by atoms with van der Waals surface area (Å²) in [6.45, 7) is 4.88. The molecule has 4 rings (SSSR count). The molecule has 1 N–H and O–H groups in total. The number of carbonyl (C=O) groups excluding carboxylic acids is 1. The first kappa shape index (κ1) is 21.6. The lowest BCUT2D eigenvalue weighted by Crippen LogP contribution is -2.07. The van der Waals surface area contributed by atoms with Gasteiger partial charge in [0.1, 0.15) is 6.61 Å². The van der Waals surface area contributed by atoms with Gasteiger partial charge in [-0.2, -0.15) is 0 Å². The van der Waals surface area contributed by atoms with Gasteiger partial charge in [-0.1, -0.05) is 36.4 Å². The summed E-state index contributed by atoms with van der Waals surface area (Å²) >= 11 is 1.61. The largest absolute Gasteiger partial charge is 0.490 e. The van der Waals surface area contributed by atoms with Crippen molar-refractivity contribution in [3.8, 4) is 11.5 Å². The second-order valence-electron chi connectivity index (χ2n) is 7.15. The van der Waals surface area contributed by atoms with Crippen LogP contribution in [0.2, 0.25) is 0 Å². The number of rotatable bonds is 8. The number of nitrogens with one attached hydrogen (secondary N) is 1. The van der Waals surface area contributed by atoms with Crippen molar-refractivity contribution >= 4 is 39.2 Å². The smallest absolute Gasteiger partial charge is 0.248 e. The summed E-state index contributed by atoms with van der Waals surface area (Å²) < 4.78 is 12.7. The van der Waals surface area contributed by atoms with Gasteiger partial charge in [-0.15, -0.1) is 11.3 Å². The molecule has 0 aliphatic carbocycles. The molecule has 4 aromatic rings. The highest BCUT2D eigenvalue weighted by atomic mass is 32.1. The van der Waals surface area contributed by atoms with E-state index in [1.165, 1.54) is 6.08 Å². The maximum atomic E-state index is 12.4. The summed E-state index contributed by atoms with van der Waals surface area (Å²) in [6, 6.07) is 21.3. The number of aryl methyl sites for hydroxylation is 1. The highest BCUT2D eigenvalue weighted by molar-refractivity contribution is 7.18. The van der Waals surface area contributed by atoms with Gasteiger partial charge in [-0.3, -0.25) is 4.79 Å². The van der Waals surface area contributed by atoms with Crippen molar-refractivity contribution in [1.29, 1.82) is 0 Å². The van der Waals surface area contributed by atoms with Gasteiger partial charge >= 0.3 is 0 Å². The maximum absolute atomic E-state index is 12.4. The number of anilines is 1. The minimum absolute atomic E-state index is 0.201. The molecule has 1 heterocycles. The Morgan fingerprint density at radius 2 is 1.88 bits per heavy atom. The number of amides is 1. The average Bonchev–Trinajstić information content (AvgIpc) is 3.17. The Bertz CT molecular complexity index is 1250. The van der Waals surface area contributed by atoms with Crippen LogP contribution in [0.25, 0.3) is 16.3 Å². The van der Waals surface area contributed by atoms with Gasteiger partial charge in [-0.25, -0.2) is 4.98 Å². The Hall–Kier alpha value is -3.64. The van der Waals surface area contributed by atoms with Crippen molar-refractivity contribution in [3.63, 3.8) is 0 Å². The van der Waals surface area contributed by atoms with Crippen LogP contribution in [0.15, 0.2) is 72.8 Å². The van der Waals surface area contributed by atoms with Crippen molar-refractivity contribution in [3.05, 3.63) is 88.9 Å². The number of ether oxygens (including phenoxy) is 2. The summed E-state index contributed by atoms with van der Waals surface area (Å²) in [5.41, 5.74) is 3.63. The number of hydrogen-bond acceptors (Lipinski definition) is 5. The standard InChI is InChI=1S/C26H24N2O3S/c1-3-30-24-15-19(9-13-23(24)31-17-20-7-5-4-6-8-20)10-14-26(29)28-21-11-12-22-25(16-21)32-18(2)27-22/h4-16H,3,17H2,1-2H3,(H,28,29). The fraction of sp³-hybridized carbons (Fsp3) is 0.154. The molecule has 6 heteroatoms. The third kappa shape index (κ3) is 5.53. The van der Waals surface area contributed by atoms with Crippen molar-refractivity contribution in [2.24, 2.45) is 0 Å². The number of hydrogen-bond donors (Lipinski definition) is 1. The fourth-order valence-electron chi connectivity index (χ4n) is 3.22. The maximum Gasteiger partial charge on any atom is 0.248 e. The Balaban J connectivity index is 1.42. The van der Waals surface area contributed by atoms with Crippen LogP contribution in [0.4, 0.5) is 5.69 Å². The van der Waals surface area contributed by atoms with Gasteiger partial charge in [-0.05, 0) is 61.4 Å². The zero-order valence-electron chi connectivity index (χ0n) is 18.0. The summed E-state index contributed by atoms with van der Waals surface area (Å²) in [6.07, 6.45) is 3.27. The minimum atomic E-state index is -0.201. The van der Waals surface area contributed by atoms with Crippen LogP contribution < -0.4 is 14.8 Å². The highest BCUT2D eigenvalue weighted by Gasteiger charge is 2.07. The molecule has 0 atom stereocenters. The van der Waals surface area contributed by atoms with Gasteiger partial charge in [0.25, 0.3) is 0 Å². The van der Waals surface area contributed by atoms with Gasteiger partial charge < -0.3 is 14.8 Å². The van der Waals surface area contributed by atoms with Gasteiger partial charge in [0, 0.05) is 11.8 Å². The van der Waals surface area contributed by atoms with E-state index in [2.05, 4.69) is 10.3 Å². The molecular weight excluding hydrogens is 420 g/mol. The van der Waals surface area contributed by atoms with Gasteiger partial charge in [0.15, 0.2) is 11.5 Å². The molecule has 0 fully saturated rings. The van der Waals surface area contributed by atoms with Crippen molar-refractivity contribution in [2.45, 2.75) is 20.5 Å². The number of thiazole rings is 1. The molecule has 0 saturated carbocycles. The predicted molar refractivity (Wildman–Crippen MR) is 130 cm³/mol. The van der Waals surface area contributed by atoms with Crippen molar-refractivity contribution in [2.75, 3.05) is 11.9 Å². The van der Waals surface area contributed by atoms with Crippen LogP contribution in [-0.4, -0.2) is 17.5 Å². The van der Waals surface area contributed by atoms with Crippen LogP contribution in [0.1, 0.15) is 23.1 Å². The van der Waals surface area contributed by atoms with Gasteiger partial charge in [0.05, 0.1) is 21.8 Å². The SMILES string of the molecule is CCOc1cc(C=CC(=O)Nc2ccc3nc(C)sc3c2)ccc1OCc1ccccc1.